The number of carbonyl (C=O) groups is 2. The van der Waals surface area contributed by atoms with Gasteiger partial charge in [-0.2, -0.15) is 26.3 Å². The van der Waals surface area contributed by atoms with Crippen molar-refractivity contribution in [2.45, 2.75) is 64.0 Å². The Balaban J connectivity index is 1.70. The van der Waals surface area contributed by atoms with Crippen molar-refractivity contribution in [3.05, 3.63) is 69.8 Å². The van der Waals surface area contributed by atoms with Crippen LogP contribution >= 0.6 is 0 Å². The molecule has 1 amide bonds. The number of allylic oxidation sites excluding steroid dienone is 1. The number of nitrogens with zero attached hydrogens (tertiary/aromatic N) is 1. The zero-order chi connectivity index (χ0) is 28.7. The Kier molecular flexibility index (Phi) is 7.73. The molecule has 11 heteroatoms. The van der Waals surface area contributed by atoms with E-state index in [1.54, 1.807) is 18.2 Å². The van der Waals surface area contributed by atoms with Gasteiger partial charge in [-0.25, -0.2) is 4.79 Å². The number of carbonyl (C=O) groups excluding carboxylic acids is 2. The Morgan fingerprint density at radius 2 is 1.62 bits per heavy atom. The first-order chi connectivity index (χ1) is 18.2. The van der Waals surface area contributed by atoms with Gasteiger partial charge in [0.1, 0.15) is 11.9 Å². The predicted molar refractivity (Wildman–Crippen MR) is 130 cm³/mol. The van der Waals surface area contributed by atoms with Gasteiger partial charge in [0.15, 0.2) is 5.78 Å². The quantitative estimate of drug-likeness (QED) is 0.269. The molecular weight excluding hydrogens is 528 g/mol. The fourth-order valence-electron chi connectivity index (χ4n) is 5.14. The van der Waals surface area contributed by atoms with E-state index in [4.69, 9.17) is 9.47 Å². The number of cyclic esters (lactones) is 1. The second-order valence-corrected chi connectivity index (χ2v) is 9.77. The second-order valence-electron chi connectivity index (χ2n) is 9.77. The van der Waals surface area contributed by atoms with Crippen molar-refractivity contribution < 1.29 is 45.4 Å². The first-order valence-electron chi connectivity index (χ1n) is 12.4. The van der Waals surface area contributed by atoms with E-state index in [0.717, 1.165) is 24.0 Å². The van der Waals surface area contributed by atoms with Gasteiger partial charge in [0.2, 0.25) is 0 Å². The largest absolute Gasteiger partial charge is 0.496 e. The number of alkyl halides is 6. The van der Waals surface area contributed by atoms with E-state index in [1.165, 1.54) is 25.9 Å². The standard InChI is InChI=1S/C28H27F6NO4/c1-15-25(19-10-20(27(29,30)31)13-21(11-19)28(32,33)34)39-26(37)35(15)14-18-6-4-5-7-22(18)23-12-17(16(2)36)8-9-24(23)38-3/h8-13,15,25H,4-7,14H2,1-3H3/t15-,25-/m0/s1. The van der Waals surface area contributed by atoms with Gasteiger partial charge in [-0.15, -0.1) is 0 Å². The van der Waals surface area contributed by atoms with Crippen molar-refractivity contribution in [1.29, 1.82) is 0 Å². The fourth-order valence-corrected chi connectivity index (χ4v) is 5.14. The number of Topliss-reactive ketones (excluding diaryl/α,β-unsaturated/α-hetero) is 1. The van der Waals surface area contributed by atoms with E-state index in [0.29, 0.717) is 41.9 Å². The van der Waals surface area contributed by atoms with Crippen LogP contribution < -0.4 is 4.74 Å². The van der Waals surface area contributed by atoms with E-state index in [-0.39, 0.29) is 24.0 Å². The number of hydrogen-bond donors (Lipinski definition) is 0. The highest BCUT2D eigenvalue weighted by Crippen LogP contribution is 2.43. The zero-order valence-electron chi connectivity index (χ0n) is 21.5. The molecule has 0 aromatic heterocycles. The second kappa shape index (κ2) is 10.6. The average Bonchev–Trinajstić information content (AvgIpc) is 3.15. The number of ether oxygens (including phenoxy) is 2. The number of hydrogen-bond acceptors (Lipinski definition) is 4. The van der Waals surface area contributed by atoms with Crippen LogP contribution in [0.4, 0.5) is 31.1 Å². The Morgan fingerprint density at radius 3 is 2.18 bits per heavy atom. The van der Waals surface area contributed by atoms with Gasteiger partial charge in [0, 0.05) is 17.7 Å². The summed E-state index contributed by atoms with van der Waals surface area (Å²) < 4.78 is 91.3. The number of methoxy groups -OCH3 is 1. The Hall–Kier alpha value is -3.50. The van der Waals surface area contributed by atoms with Crippen LogP contribution in [0.1, 0.15) is 78.2 Å². The van der Waals surface area contributed by atoms with Gasteiger partial charge in [-0.3, -0.25) is 9.69 Å². The predicted octanol–water partition coefficient (Wildman–Crippen LogP) is 7.85. The molecule has 0 unspecified atom stereocenters. The van der Waals surface area contributed by atoms with E-state index < -0.39 is 41.7 Å². The highest BCUT2D eigenvalue weighted by Gasteiger charge is 2.43. The van der Waals surface area contributed by atoms with Crippen LogP contribution in [0.3, 0.4) is 0 Å². The first kappa shape index (κ1) is 28.5. The summed E-state index contributed by atoms with van der Waals surface area (Å²) in [6.07, 6.45) is -9.24. The lowest BCUT2D eigenvalue weighted by molar-refractivity contribution is -0.143. The SMILES string of the molecule is COc1ccc(C(C)=O)cc1C1=C(CN2C(=O)O[C@H](c3cc(C(F)(F)F)cc(C(F)(F)F)c3)[C@@H]2C)CCCC1. The summed E-state index contributed by atoms with van der Waals surface area (Å²) in [5.74, 6) is 0.420. The summed E-state index contributed by atoms with van der Waals surface area (Å²) in [7, 11) is 1.50. The lowest BCUT2D eigenvalue weighted by Gasteiger charge is -2.28. The Labute approximate surface area is 221 Å². The van der Waals surface area contributed by atoms with Crippen LogP contribution in [0.25, 0.3) is 5.57 Å². The average molecular weight is 556 g/mol. The minimum absolute atomic E-state index is 0.0460. The molecular formula is C28H27F6NO4. The van der Waals surface area contributed by atoms with E-state index >= 15 is 0 Å². The summed E-state index contributed by atoms with van der Waals surface area (Å²) in [5.41, 5.74) is -0.360. The molecule has 0 N–H and O–H groups in total. The highest BCUT2D eigenvalue weighted by atomic mass is 19.4. The molecule has 2 aliphatic rings. The molecule has 5 nitrogen and oxygen atoms in total. The van der Waals surface area contributed by atoms with Gasteiger partial charge in [0.25, 0.3) is 0 Å². The molecule has 1 aliphatic carbocycles. The minimum atomic E-state index is -5.02. The molecule has 0 spiro atoms. The number of amides is 1. The highest BCUT2D eigenvalue weighted by molar-refractivity contribution is 5.95. The zero-order valence-corrected chi connectivity index (χ0v) is 21.5. The van der Waals surface area contributed by atoms with Crippen molar-refractivity contribution in [1.82, 2.24) is 4.90 Å². The summed E-state index contributed by atoms with van der Waals surface area (Å²) in [6.45, 7) is 3.05. The monoisotopic (exact) mass is 555 g/mol. The van der Waals surface area contributed by atoms with Crippen molar-refractivity contribution >= 4 is 17.4 Å². The maximum Gasteiger partial charge on any atom is 0.416 e. The molecule has 2 atom stereocenters. The van der Waals surface area contributed by atoms with Crippen LogP contribution in [0, 0.1) is 0 Å². The third-order valence-electron chi connectivity index (χ3n) is 7.21. The maximum atomic E-state index is 13.4. The molecule has 39 heavy (non-hydrogen) atoms. The smallest absolute Gasteiger partial charge is 0.416 e. The lowest BCUT2D eigenvalue weighted by atomic mass is 9.85. The molecule has 2 aromatic rings. The van der Waals surface area contributed by atoms with Gasteiger partial charge in [-0.05, 0) is 92.6 Å². The normalized spacial score (nSPS) is 20.3. The Morgan fingerprint density at radius 1 is 1.00 bits per heavy atom. The van der Waals surface area contributed by atoms with E-state index in [9.17, 15) is 35.9 Å². The van der Waals surface area contributed by atoms with Crippen LogP contribution in [-0.4, -0.2) is 36.5 Å². The molecule has 1 fully saturated rings. The van der Waals surface area contributed by atoms with Crippen molar-refractivity contribution in [2.24, 2.45) is 0 Å². The molecule has 0 saturated carbocycles. The summed E-state index contributed by atoms with van der Waals surface area (Å²) in [4.78, 5) is 26.2. The summed E-state index contributed by atoms with van der Waals surface area (Å²) >= 11 is 0. The third-order valence-corrected chi connectivity index (χ3v) is 7.21. The molecule has 1 aliphatic heterocycles. The lowest BCUT2D eigenvalue weighted by Crippen LogP contribution is -2.34. The third kappa shape index (κ3) is 5.91. The molecule has 4 rings (SSSR count). The number of halogens is 6. The van der Waals surface area contributed by atoms with Gasteiger partial charge >= 0.3 is 18.4 Å². The van der Waals surface area contributed by atoms with Crippen LogP contribution in [0.15, 0.2) is 42.0 Å². The van der Waals surface area contributed by atoms with Crippen LogP contribution in [-0.2, 0) is 17.1 Å². The van der Waals surface area contributed by atoms with Gasteiger partial charge in [-0.1, -0.05) is 0 Å². The molecule has 1 heterocycles. The summed E-state index contributed by atoms with van der Waals surface area (Å²) in [6, 6.07) is 5.47. The first-order valence-corrected chi connectivity index (χ1v) is 12.4. The topological polar surface area (TPSA) is 55.8 Å². The van der Waals surface area contributed by atoms with Crippen molar-refractivity contribution in [3.63, 3.8) is 0 Å². The molecule has 0 bridgehead atoms. The number of rotatable bonds is 6. The van der Waals surface area contributed by atoms with Gasteiger partial charge in [0.05, 0.1) is 24.3 Å². The maximum absolute atomic E-state index is 13.4. The Bertz CT molecular complexity index is 1280. The summed E-state index contributed by atoms with van der Waals surface area (Å²) in [5, 5.41) is 0. The molecule has 0 radical (unpaired) electrons. The molecule has 2 aromatic carbocycles. The van der Waals surface area contributed by atoms with Gasteiger partial charge < -0.3 is 9.47 Å². The van der Waals surface area contributed by atoms with E-state index in [2.05, 4.69) is 0 Å². The number of benzene rings is 2. The number of ketones is 1. The molecule has 1 saturated heterocycles. The van der Waals surface area contributed by atoms with Crippen molar-refractivity contribution in [2.75, 3.05) is 13.7 Å². The fraction of sp³-hybridized carbons (Fsp3) is 0.429. The van der Waals surface area contributed by atoms with Crippen LogP contribution in [0.2, 0.25) is 0 Å². The van der Waals surface area contributed by atoms with Crippen molar-refractivity contribution in [3.8, 4) is 5.75 Å². The molecule has 210 valence electrons. The minimum Gasteiger partial charge on any atom is -0.496 e. The van der Waals surface area contributed by atoms with E-state index in [1.807, 2.05) is 0 Å². The van der Waals surface area contributed by atoms with Crippen LogP contribution in [0.5, 0.6) is 5.75 Å².